The summed E-state index contributed by atoms with van der Waals surface area (Å²) in [5.41, 5.74) is -0.479. The van der Waals surface area contributed by atoms with Gasteiger partial charge in [-0.3, -0.25) is 4.79 Å². The number of carbonyl (C=O) groups is 1. The smallest absolute Gasteiger partial charge is 0.416 e. The van der Waals surface area contributed by atoms with E-state index in [1.54, 1.807) is 0 Å². The molecule has 1 N–H and O–H groups in total. The van der Waals surface area contributed by atoms with Gasteiger partial charge in [0.05, 0.1) is 5.56 Å². The molecule has 0 aliphatic rings. The Morgan fingerprint density at radius 2 is 2.00 bits per heavy atom. The van der Waals surface area contributed by atoms with Crippen LogP contribution in [0.4, 0.5) is 13.2 Å². The summed E-state index contributed by atoms with van der Waals surface area (Å²) < 4.78 is 43.3. The molecule has 6 heteroatoms. The molecular formula is C15H14F3NO2. The van der Waals surface area contributed by atoms with Crippen LogP contribution in [0.15, 0.2) is 40.8 Å². The third kappa shape index (κ3) is 3.65. The van der Waals surface area contributed by atoms with Crippen LogP contribution in [-0.4, -0.2) is 12.5 Å². The van der Waals surface area contributed by atoms with Crippen molar-refractivity contribution in [1.82, 2.24) is 5.32 Å². The minimum Gasteiger partial charge on any atom is -0.451 e. The highest BCUT2D eigenvalue weighted by Gasteiger charge is 2.30. The van der Waals surface area contributed by atoms with Gasteiger partial charge in [0.15, 0.2) is 5.76 Å². The van der Waals surface area contributed by atoms with Gasteiger partial charge in [-0.15, -0.1) is 0 Å². The van der Waals surface area contributed by atoms with Crippen molar-refractivity contribution in [2.45, 2.75) is 19.5 Å². The zero-order valence-electron chi connectivity index (χ0n) is 11.3. The molecule has 1 aromatic heterocycles. The third-order valence-corrected chi connectivity index (χ3v) is 2.84. The summed E-state index contributed by atoms with van der Waals surface area (Å²) in [4.78, 5) is 11.7. The van der Waals surface area contributed by atoms with Gasteiger partial charge in [0.1, 0.15) is 5.76 Å². The molecular weight excluding hydrogens is 283 g/mol. The number of rotatable bonds is 4. The normalized spacial score (nSPS) is 11.4. The monoisotopic (exact) mass is 297 g/mol. The van der Waals surface area contributed by atoms with E-state index < -0.39 is 11.7 Å². The Labute approximate surface area is 119 Å². The van der Waals surface area contributed by atoms with Crippen molar-refractivity contribution in [2.75, 3.05) is 6.54 Å². The molecule has 1 heterocycles. The third-order valence-electron chi connectivity index (χ3n) is 2.84. The summed E-state index contributed by atoms with van der Waals surface area (Å²) in [7, 11) is 0. The molecule has 21 heavy (non-hydrogen) atoms. The molecule has 3 nitrogen and oxygen atoms in total. The molecule has 0 unspecified atom stereocenters. The number of nitrogens with one attached hydrogen (secondary N) is 1. The Morgan fingerprint density at radius 3 is 2.67 bits per heavy atom. The van der Waals surface area contributed by atoms with Crippen molar-refractivity contribution in [1.29, 1.82) is 0 Å². The Kier molecular flexibility index (Phi) is 4.35. The lowest BCUT2D eigenvalue weighted by atomic mass is 10.1. The summed E-state index contributed by atoms with van der Waals surface area (Å²) in [6.07, 6.45) is -3.63. The van der Waals surface area contributed by atoms with Gasteiger partial charge < -0.3 is 9.73 Å². The molecule has 0 bridgehead atoms. The summed E-state index contributed by atoms with van der Waals surface area (Å²) in [5, 5.41) is 2.64. The van der Waals surface area contributed by atoms with E-state index >= 15 is 0 Å². The van der Waals surface area contributed by atoms with Gasteiger partial charge in [0.2, 0.25) is 0 Å². The lowest BCUT2D eigenvalue weighted by molar-refractivity contribution is -0.137. The molecule has 0 radical (unpaired) electrons. The van der Waals surface area contributed by atoms with Crippen molar-refractivity contribution >= 4 is 5.91 Å². The van der Waals surface area contributed by atoms with Gasteiger partial charge in [-0.1, -0.05) is 19.1 Å². The first-order valence-electron chi connectivity index (χ1n) is 6.47. The van der Waals surface area contributed by atoms with Crippen LogP contribution in [0.5, 0.6) is 0 Å². The Morgan fingerprint density at radius 1 is 1.24 bits per heavy atom. The van der Waals surface area contributed by atoms with Crippen molar-refractivity contribution in [3.8, 4) is 11.3 Å². The highest BCUT2D eigenvalue weighted by Crippen LogP contribution is 2.32. The molecule has 2 rings (SSSR count). The predicted octanol–water partition coefficient (Wildman–Crippen LogP) is 4.11. The first kappa shape index (κ1) is 15.2. The molecule has 0 aliphatic carbocycles. The minimum atomic E-state index is -4.41. The standard InChI is InChI=1S/C15H14F3NO2/c1-2-8-19-14(20)13-7-6-12(21-13)10-4-3-5-11(9-10)15(16,17)18/h3-7,9H,2,8H2,1H3,(H,19,20). The van der Waals surface area contributed by atoms with Gasteiger partial charge in [-0.2, -0.15) is 13.2 Å². The van der Waals surface area contributed by atoms with Gasteiger partial charge in [-0.25, -0.2) is 0 Å². The molecule has 0 saturated heterocycles. The summed E-state index contributed by atoms with van der Waals surface area (Å²) in [5.74, 6) is -0.0753. The summed E-state index contributed by atoms with van der Waals surface area (Å²) in [6, 6.07) is 7.71. The van der Waals surface area contributed by atoms with Crippen LogP contribution in [0, 0.1) is 0 Å². The largest absolute Gasteiger partial charge is 0.451 e. The predicted molar refractivity (Wildman–Crippen MR) is 71.8 cm³/mol. The number of amides is 1. The average molecular weight is 297 g/mol. The van der Waals surface area contributed by atoms with Gasteiger partial charge in [0, 0.05) is 12.1 Å². The van der Waals surface area contributed by atoms with Crippen LogP contribution in [0.1, 0.15) is 29.5 Å². The van der Waals surface area contributed by atoms with Crippen LogP contribution in [0.25, 0.3) is 11.3 Å². The Hall–Kier alpha value is -2.24. The highest BCUT2D eigenvalue weighted by atomic mass is 19.4. The number of hydrogen-bond acceptors (Lipinski definition) is 2. The lowest BCUT2D eigenvalue weighted by Gasteiger charge is -2.07. The molecule has 0 spiro atoms. The minimum absolute atomic E-state index is 0.0795. The zero-order chi connectivity index (χ0) is 15.5. The fourth-order valence-electron chi connectivity index (χ4n) is 1.79. The van der Waals surface area contributed by atoms with Crippen LogP contribution < -0.4 is 5.32 Å². The van der Waals surface area contributed by atoms with E-state index in [0.29, 0.717) is 6.54 Å². The quantitative estimate of drug-likeness (QED) is 0.923. The Balaban J connectivity index is 2.24. The lowest BCUT2D eigenvalue weighted by Crippen LogP contribution is -2.23. The van der Waals surface area contributed by atoms with E-state index in [-0.39, 0.29) is 23.0 Å². The number of furan rings is 1. The Bertz CT molecular complexity index is 632. The maximum absolute atomic E-state index is 12.7. The van der Waals surface area contributed by atoms with E-state index in [1.807, 2.05) is 6.92 Å². The summed E-state index contributed by atoms with van der Waals surface area (Å²) >= 11 is 0. The number of carbonyl (C=O) groups excluding carboxylic acids is 1. The molecule has 2 aromatic rings. The fourth-order valence-corrected chi connectivity index (χ4v) is 1.79. The van der Waals surface area contributed by atoms with Gasteiger partial charge >= 0.3 is 6.18 Å². The van der Waals surface area contributed by atoms with Gasteiger partial charge in [-0.05, 0) is 30.7 Å². The number of hydrogen-bond donors (Lipinski definition) is 1. The number of alkyl halides is 3. The van der Waals surface area contributed by atoms with Crippen LogP contribution in [-0.2, 0) is 6.18 Å². The van der Waals surface area contributed by atoms with Crippen molar-refractivity contribution in [3.05, 3.63) is 47.7 Å². The fraction of sp³-hybridized carbons (Fsp3) is 0.267. The molecule has 0 saturated carbocycles. The van der Waals surface area contributed by atoms with E-state index in [9.17, 15) is 18.0 Å². The summed E-state index contributed by atoms with van der Waals surface area (Å²) in [6.45, 7) is 2.43. The molecule has 1 amide bonds. The first-order chi connectivity index (χ1) is 9.91. The maximum atomic E-state index is 12.7. The van der Waals surface area contributed by atoms with E-state index in [4.69, 9.17) is 4.42 Å². The average Bonchev–Trinajstić information content (AvgIpc) is 2.94. The van der Waals surface area contributed by atoms with Crippen LogP contribution in [0.2, 0.25) is 0 Å². The first-order valence-corrected chi connectivity index (χ1v) is 6.47. The van der Waals surface area contributed by atoms with Gasteiger partial charge in [0.25, 0.3) is 5.91 Å². The van der Waals surface area contributed by atoms with Crippen LogP contribution >= 0.6 is 0 Å². The number of halogens is 3. The number of benzene rings is 1. The van der Waals surface area contributed by atoms with Crippen molar-refractivity contribution in [2.24, 2.45) is 0 Å². The molecule has 0 aliphatic heterocycles. The molecule has 112 valence electrons. The maximum Gasteiger partial charge on any atom is 0.416 e. The van der Waals surface area contributed by atoms with E-state index in [0.717, 1.165) is 18.6 Å². The second-order valence-corrected chi connectivity index (χ2v) is 4.50. The SMILES string of the molecule is CCCNC(=O)c1ccc(-c2cccc(C(F)(F)F)c2)o1. The second kappa shape index (κ2) is 6.03. The second-order valence-electron chi connectivity index (χ2n) is 4.50. The molecule has 1 aromatic carbocycles. The van der Waals surface area contributed by atoms with E-state index in [2.05, 4.69) is 5.32 Å². The topological polar surface area (TPSA) is 42.2 Å². The van der Waals surface area contributed by atoms with E-state index in [1.165, 1.54) is 24.3 Å². The van der Waals surface area contributed by atoms with Crippen molar-refractivity contribution < 1.29 is 22.4 Å². The highest BCUT2D eigenvalue weighted by molar-refractivity contribution is 5.92. The molecule has 0 atom stereocenters. The zero-order valence-corrected chi connectivity index (χ0v) is 11.3. The van der Waals surface area contributed by atoms with Crippen molar-refractivity contribution in [3.63, 3.8) is 0 Å². The van der Waals surface area contributed by atoms with Crippen LogP contribution in [0.3, 0.4) is 0 Å². The molecule has 0 fully saturated rings.